The first-order valence-electron chi connectivity index (χ1n) is 13.1. The van der Waals surface area contributed by atoms with Crippen molar-refractivity contribution in [3.05, 3.63) is 41.0 Å². The van der Waals surface area contributed by atoms with E-state index in [9.17, 15) is 0 Å². The van der Waals surface area contributed by atoms with Gasteiger partial charge in [-0.2, -0.15) is 4.67 Å². The van der Waals surface area contributed by atoms with Gasteiger partial charge in [0.25, 0.3) is 0 Å². The minimum Gasteiger partial charge on any atom is -0.486 e. The lowest BCUT2D eigenvalue weighted by Gasteiger charge is -2.55. The average Bonchev–Trinajstić information content (AvgIpc) is 3.21. The van der Waals surface area contributed by atoms with E-state index in [4.69, 9.17) is 9.47 Å². The summed E-state index contributed by atoms with van der Waals surface area (Å²) in [7, 11) is 5.28. The highest BCUT2D eigenvalue weighted by molar-refractivity contribution is 6.76. The van der Waals surface area contributed by atoms with E-state index in [1.54, 1.807) is 0 Å². The lowest BCUT2D eigenvalue weighted by atomic mass is 9.76. The summed E-state index contributed by atoms with van der Waals surface area (Å²) in [5.41, 5.74) is 6.61. The summed E-state index contributed by atoms with van der Waals surface area (Å²) in [6, 6.07) is 4.51. The molecule has 5 rings (SSSR count). The number of fused-ring (bicyclic) bond motifs is 5. The van der Waals surface area contributed by atoms with Gasteiger partial charge in [-0.15, -0.1) is 0 Å². The molecular weight excluding hydrogens is 436 g/mol. The van der Waals surface area contributed by atoms with Crippen molar-refractivity contribution in [3.8, 4) is 11.5 Å². The normalized spacial score (nSPS) is 27.7. The van der Waals surface area contributed by atoms with Gasteiger partial charge in [-0.25, -0.2) is 0 Å². The highest BCUT2D eigenvalue weighted by Crippen LogP contribution is 2.60. The van der Waals surface area contributed by atoms with Crippen molar-refractivity contribution in [1.29, 1.82) is 0 Å². The molecule has 0 radical (unpaired) electrons. The number of nitrogens with zero attached hydrogens (tertiary/aromatic N) is 2. The third-order valence-corrected chi connectivity index (χ3v) is 13.7. The summed E-state index contributed by atoms with van der Waals surface area (Å²) < 4.78 is 15.7. The lowest BCUT2D eigenvalue weighted by molar-refractivity contribution is -0.978. The molecule has 186 valence electrons. The molecule has 3 unspecified atom stereocenters. The third kappa shape index (κ3) is 3.53. The molecule has 4 aliphatic rings. The van der Waals surface area contributed by atoms with Gasteiger partial charge in [0.1, 0.15) is 13.2 Å². The molecule has 34 heavy (non-hydrogen) atoms. The number of benzene rings is 1. The molecule has 0 aromatic heterocycles. The number of ether oxygens (including phenoxy) is 2. The molecule has 1 heterocycles. The van der Waals surface area contributed by atoms with Crippen molar-refractivity contribution in [2.24, 2.45) is 11.8 Å². The highest BCUT2D eigenvalue weighted by Gasteiger charge is 2.56. The topological polar surface area (TPSA) is 21.7 Å². The molecule has 1 aromatic carbocycles. The van der Waals surface area contributed by atoms with Crippen molar-refractivity contribution in [3.63, 3.8) is 0 Å². The first-order valence-corrected chi connectivity index (χ1v) is 16.2. The summed E-state index contributed by atoms with van der Waals surface area (Å²) in [6.07, 6.45) is 7.99. The van der Waals surface area contributed by atoms with Gasteiger partial charge in [0.15, 0.2) is 19.7 Å². The van der Waals surface area contributed by atoms with Crippen LogP contribution in [0.15, 0.2) is 29.9 Å². The number of hydrogen-bond donors (Lipinski definition) is 0. The maximum atomic E-state index is 5.96. The molecule has 0 N–H and O–H groups in total. The number of allylic oxidation sites excluding steroid dienone is 4. The second kappa shape index (κ2) is 7.47. The van der Waals surface area contributed by atoms with Crippen molar-refractivity contribution >= 4 is 13.8 Å². The van der Waals surface area contributed by atoms with Crippen LogP contribution in [0.25, 0.3) is 5.57 Å². The summed E-state index contributed by atoms with van der Waals surface area (Å²) in [6.45, 7) is 18.5. The van der Waals surface area contributed by atoms with Crippen LogP contribution in [0, 0.1) is 11.8 Å². The van der Waals surface area contributed by atoms with Crippen LogP contribution in [0.2, 0.25) is 18.6 Å². The summed E-state index contributed by atoms with van der Waals surface area (Å²) in [5, 5.41) is 0. The van der Waals surface area contributed by atoms with E-state index in [0.717, 1.165) is 21.6 Å². The maximum Gasteiger partial charge on any atom is 0.191 e. The predicted octanol–water partition coefficient (Wildman–Crippen LogP) is 6.40. The van der Waals surface area contributed by atoms with Gasteiger partial charge in [0, 0.05) is 5.41 Å². The number of hydrogen-bond acceptors (Lipinski definition) is 3. The minimum absolute atomic E-state index is 0.00931. The molecule has 1 aromatic rings. The first kappa shape index (κ1) is 24.1. The Morgan fingerprint density at radius 2 is 1.59 bits per heavy atom. The third-order valence-electron chi connectivity index (χ3n) is 8.81. The fourth-order valence-corrected chi connectivity index (χ4v) is 14.1. The van der Waals surface area contributed by atoms with Crippen LogP contribution < -0.4 is 9.47 Å². The zero-order valence-electron chi connectivity index (χ0n) is 23.1. The Bertz CT molecular complexity index is 1060. The molecule has 4 nitrogen and oxygen atoms in total. The summed E-state index contributed by atoms with van der Waals surface area (Å²) >= 11 is 0. The number of quaternary nitrogens is 1. The first-order chi connectivity index (χ1) is 15.6. The van der Waals surface area contributed by atoms with E-state index < -0.39 is 8.24 Å². The molecule has 1 fully saturated rings. The van der Waals surface area contributed by atoms with Crippen LogP contribution in [0.1, 0.15) is 58.6 Å². The predicted molar refractivity (Wildman–Crippen MR) is 144 cm³/mol. The van der Waals surface area contributed by atoms with Gasteiger partial charge in [0.05, 0.1) is 26.7 Å². The fourth-order valence-electron chi connectivity index (χ4n) is 8.35. The molecule has 1 aliphatic heterocycles. The Balaban J connectivity index is 1.56. The van der Waals surface area contributed by atoms with Crippen LogP contribution >= 0.6 is 0 Å². The molecule has 5 heteroatoms. The van der Waals surface area contributed by atoms with Crippen LogP contribution in [0.4, 0.5) is 0 Å². The fraction of sp³-hybridized carbons (Fsp3) is 0.655. The highest BCUT2D eigenvalue weighted by atomic mass is 28.3. The van der Waals surface area contributed by atoms with E-state index in [1.807, 2.05) is 0 Å². The largest absolute Gasteiger partial charge is 0.486 e. The second-order valence-corrected chi connectivity index (χ2v) is 18.3. The standard InChI is InChI=1S/C29H45N2O2Si/c1-28(2,3)30(31(6,7)8)34(9,10)27-12-11-19-15-21-22-17-25-26(33-14-13-32-25)18-24(22)29(4,5)23(21)16-20(19)27/h15-20,27H,11-14H2,1-10H3/q+1. The van der Waals surface area contributed by atoms with Gasteiger partial charge < -0.3 is 9.47 Å². The van der Waals surface area contributed by atoms with Crippen molar-refractivity contribution in [1.82, 2.24) is 4.67 Å². The molecule has 1 saturated carbocycles. The average molecular weight is 482 g/mol. The molecule has 0 saturated heterocycles. The second-order valence-electron chi connectivity index (χ2n) is 13.8. The quantitative estimate of drug-likeness (QED) is 0.283. The van der Waals surface area contributed by atoms with Crippen molar-refractivity contribution in [2.45, 2.75) is 77.0 Å². The molecule has 0 amide bonds. The molecule has 0 bridgehead atoms. The van der Waals surface area contributed by atoms with Gasteiger partial charge in [-0.05, 0) is 79.0 Å². The summed E-state index contributed by atoms with van der Waals surface area (Å²) in [4.78, 5) is 0. The van der Waals surface area contributed by atoms with E-state index in [2.05, 4.69) is 97.8 Å². The smallest absolute Gasteiger partial charge is 0.191 e. The molecule has 0 spiro atoms. The van der Waals surface area contributed by atoms with E-state index in [1.165, 1.54) is 35.1 Å². The molecule has 3 aliphatic carbocycles. The van der Waals surface area contributed by atoms with Crippen LogP contribution in [0.3, 0.4) is 0 Å². The van der Waals surface area contributed by atoms with E-state index in [0.29, 0.717) is 25.0 Å². The van der Waals surface area contributed by atoms with Gasteiger partial charge in [-0.1, -0.05) is 45.5 Å². The Labute approximate surface area is 208 Å². The Hall–Kier alpha value is -1.56. The maximum absolute atomic E-state index is 5.96. The molecule has 3 atom stereocenters. The Kier molecular flexibility index (Phi) is 5.31. The van der Waals surface area contributed by atoms with E-state index >= 15 is 0 Å². The SMILES string of the molecule is CC1(C)C2=CC3C(C=C2c2cc4c(cc21)OCCO4)CCC3[Si](C)(C)N(C(C)(C)C)[N+](C)(C)C. The van der Waals surface area contributed by atoms with Gasteiger partial charge >= 0.3 is 0 Å². The number of rotatable bonds is 3. The van der Waals surface area contributed by atoms with Crippen molar-refractivity contribution < 1.29 is 14.1 Å². The Morgan fingerprint density at radius 1 is 0.971 bits per heavy atom. The van der Waals surface area contributed by atoms with Gasteiger partial charge in [-0.3, -0.25) is 4.59 Å². The molecular formula is C29H45N2O2Si+. The minimum atomic E-state index is -1.78. The van der Waals surface area contributed by atoms with Crippen LogP contribution in [-0.4, -0.2) is 57.4 Å². The van der Waals surface area contributed by atoms with Crippen molar-refractivity contribution in [2.75, 3.05) is 34.4 Å². The van der Waals surface area contributed by atoms with Gasteiger partial charge in [0.2, 0.25) is 0 Å². The van der Waals surface area contributed by atoms with Crippen LogP contribution in [-0.2, 0) is 5.41 Å². The van der Waals surface area contributed by atoms with E-state index in [-0.39, 0.29) is 11.0 Å². The monoisotopic (exact) mass is 481 g/mol. The zero-order valence-corrected chi connectivity index (χ0v) is 24.1. The van der Waals surface area contributed by atoms with Crippen LogP contribution in [0.5, 0.6) is 11.5 Å². The summed E-state index contributed by atoms with van der Waals surface area (Å²) in [5.74, 6) is 3.09. The zero-order chi connectivity index (χ0) is 24.8. The lowest BCUT2D eigenvalue weighted by Crippen LogP contribution is -2.71. The Morgan fingerprint density at radius 3 is 2.18 bits per heavy atom.